The number of amides is 1. The van der Waals surface area contributed by atoms with Gasteiger partial charge in [0.25, 0.3) is 15.0 Å². The van der Waals surface area contributed by atoms with Crippen molar-refractivity contribution < 1.29 is 17.9 Å². The first-order valence-corrected chi connectivity index (χ1v) is 8.44. The third-order valence-electron chi connectivity index (χ3n) is 2.78. The Kier molecular flexibility index (Phi) is 5.98. The smallest absolute Gasteiger partial charge is 0.261 e. The lowest BCUT2D eigenvalue weighted by atomic mass is 10.1. The van der Waals surface area contributed by atoms with Gasteiger partial charge < -0.3 is 9.64 Å². The predicted molar refractivity (Wildman–Crippen MR) is 77.4 cm³/mol. The summed E-state index contributed by atoms with van der Waals surface area (Å²) in [6.07, 6.45) is 0.824. The Morgan fingerprint density at radius 1 is 1.40 bits per heavy atom. The summed E-state index contributed by atoms with van der Waals surface area (Å²) in [5.41, 5.74) is 0.720. The third-order valence-corrected chi connectivity index (χ3v) is 4.19. The number of ether oxygens (including phenoxy) is 1. The number of carbonyl (C=O) groups excluding carboxylic acids is 1. The van der Waals surface area contributed by atoms with E-state index >= 15 is 0 Å². The van der Waals surface area contributed by atoms with E-state index in [0.29, 0.717) is 17.7 Å². The number of hydrogen-bond acceptors (Lipinski definition) is 4. The van der Waals surface area contributed by atoms with E-state index in [0.717, 1.165) is 6.42 Å². The number of rotatable bonds is 6. The molecule has 1 aromatic carbocycles. The van der Waals surface area contributed by atoms with Crippen LogP contribution in [0, 0.1) is 0 Å². The van der Waals surface area contributed by atoms with Gasteiger partial charge in [-0.25, -0.2) is 8.42 Å². The minimum absolute atomic E-state index is 0.0863. The molecule has 0 N–H and O–H groups in total. The standard InChI is InChI=1S/C13H18ClNO4S/c1-4-7-15(2)13(16)10-5-6-11(9-19-3)12(8-10)20(14,17)18/h5-6,8H,4,7,9H2,1-3H3. The van der Waals surface area contributed by atoms with Crippen LogP contribution >= 0.6 is 10.7 Å². The Morgan fingerprint density at radius 2 is 2.05 bits per heavy atom. The topological polar surface area (TPSA) is 63.7 Å². The summed E-state index contributed by atoms with van der Waals surface area (Å²) < 4.78 is 28.1. The Balaban J connectivity index is 3.23. The van der Waals surface area contributed by atoms with Crippen LogP contribution in [0.25, 0.3) is 0 Å². The van der Waals surface area contributed by atoms with E-state index < -0.39 is 9.05 Å². The fourth-order valence-corrected chi connectivity index (χ4v) is 2.99. The summed E-state index contributed by atoms with van der Waals surface area (Å²) in [4.78, 5) is 13.6. The highest BCUT2D eigenvalue weighted by Gasteiger charge is 2.19. The van der Waals surface area contributed by atoms with Gasteiger partial charge in [0.05, 0.1) is 11.5 Å². The lowest BCUT2D eigenvalue weighted by Gasteiger charge is -2.17. The Bertz CT molecular complexity index is 586. The number of halogens is 1. The second kappa shape index (κ2) is 7.06. The SMILES string of the molecule is CCCN(C)C(=O)c1ccc(COC)c(S(=O)(=O)Cl)c1. The highest BCUT2D eigenvalue weighted by atomic mass is 35.7. The summed E-state index contributed by atoms with van der Waals surface area (Å²) in [5.74, 6) is -0.239. The third kappa shape index (κ3) is 4.19. The second-order valence-corrected chi connectivity index (χ2v) is 6.95. The van der Waals surface area contributed by atoms with Gasteiger partial charge >= 0.3 is 0 Å². The summed E-state index contributed by atoms with van der Waals surface area (Å²) in [6, 6.07) is 4.42. The molecule has 5 nitrogen and oxygen atoms in total. The highest BCUT2D eigenvalue weighted by molar-refractivity contribution is 8.13. The number of carbonyl (C=O) groups is 1. The van der Waals surface area contributed by atoms with Gasteiger partial charge in [-0.3, -0.25) is 4.79 Å². The average Bonchev–Trinajstić information content (AvgIpc) is 2.37. The average molecular weight is 320 g/mol. The predicted octanol–water partition coefficient (Wildman–Crippen LogP) is 2.24. The molecule has 1 amide bonds. The van der Waals surface area contributed by atoms with E-state index in [2.05, 4.69) is 0 Å². The van der Waals surface area contributed by atoms with Crippen LogP contribution in [0.15, 0.2) is 23.1 Å². The van der Waals surface area contributed by atoms with Gasteiger partial charge in [0.1, 0.15) is 0 Å². The van der Waals surface area contributed by atoms with Gasteiger partial charge in [-0.2, -0.15) is 0 Å². The molecule has 0 aliphatic rings. The molecule has 0 fully saturated rings. The fraction of sp³-hybridized carbons (Fsp3) is 0.462. The first kappa shape index (κ1) is 16.9. The molecular weight excluding hydrogens is 302 g/mol. The quantitative estimate of drug-likeness (QED) is 0.754. The lowest BCUT2D eigenvalue weighted by Crippen LogP contribution is -2.27. The molecule has 0 saturated carbocycles. The summed E-state index contributed by atoms with van der Waals surface area (Å²) >= 11 is 0. The zero-order chi connectivity index (χ0) is 15.3. The molecule has 1 aromatic rings. The zero-order valence-corrected chi connectivity index (χ0v) is 13.3. The molecule has 20 heavy (non-hydrogen) atoms. The van der Waals surface area contributed by atoms with Crippen molar-refractivity contribution in [3.63, 3.8) is 0 Å². The number of benzene rings is 1. The van der Waals surface area contributed by atoms with E-state index in [1.54, 1.807) is 19.2 Å². The fourth-order valence-electron chi connectivity index (χ4n) is 1.85. The van der Waals surface area contributed by atoms with Crippen molar-refractivity contribution in [1.82, 2.24) is 4.90 Å². The summed E-state index contributed by atoms with van der Waals surface area (Å²) in [6.45, 7) is 2.67. The maximum absolute atomic E-state index is 12.1. The minimum Gasteiger partial charge on any atom is -0.380 e. The van der Waals surface area contributed by atoms with E-state index in [1.165, 1.54) is 18.1 Å². The molecule has 0 heterocycles. The highest BCUT2D eigenvalue weighted by Crippen LogP contribution is 2.23. The number of methoxy groups -OCH3 is 1. The van der Waals surface area contributed by atoms with Crippen LogP contribution in [0.3, 0.4) is 0 Å². The number of hydrogen-bond donors (Lipinski definition) is 0. The molecule has 1 rings (SSSR count). The molecule has 0 aromatic heterocycles. The first-order chi connectivity index (χ1) is 9.31. The first-order valence-electron chi connectivity index (χ1n) is 6.13. The molecule has 0 aliphatic carbocycles. The van der Waals surface area contributed by atoms with Gasteiger partial charge in [-0.05, 0) is 24.1 Å². The van der Waals surface area contributed by atoms with Gasteiger partial charge in [0.2, 0.25) is 0 Å². The van der Waals surface area contributed by atoms with Gasteiger partial charge in [-0.15, -0.1) is 0 Å². The van der Waals surface area contributed by atoms with Crippen molar-refractivity contribution in [1.29, 1.82) is 0 Å². The lowest BCUT2D eigenvalue weighted by molar-refractivity contribution is 0.0794. The normalized spacial score (nSPS) is 11.4. The summed E-state index contributed by atoms with van der Waals surface area (Å²) in [5, 5.41) is 0. The molecule has 0 aliphatic heterocycles. The van der Waals surface area contributed by atoms with Crippen molar-refractivity contribution in [2.45, 2.75) is 24.8 Å². The van der Waals surface area contributed by atoms with Crippen LogP contribution in [0.5, 0.6) is 0 Å². The maximum Gasteiger partial charge on any atom is 0.261 e. The van der Waals surface area contributed by atoms with Crippen LogP contribution in [-0.4, -0.2) is 39.9 Å². The van der Waals surface area contributed by atoms with E-state index in [-0.39, 0.29) is 17.4 Å². The Hall–Kier alpha value is -1.11. The maximum atomic E-state index is 12.1. The molecular formula is C13H18ClNO4S. The van der Waals surface area contributed by atoms with Crippen molar-refractivity contribution in [3.8, 4) is 0 Å². The second-order valence-electron chi connectivity index (χ2n) is 4.42. The Morgan fingerprint density at radius 3 is 2.55 bits per heavy atom. The molecule has 0 atom stereocenters. The van der Waals surface area contributed by atoms with E-state index in [1.807, 2.05) is 6.92 Å². The van der Waals surface area contributed by atoms with Crippen molar-refractivity contribution in [2.24, 2.45) is 0 Å². The van der Waals surface area contributed by atoms with Gasteiger partial charge in [0, 0.05) is 36.9 Å². The number of nitrogens with zero attached hydrogens (tertiary/aromatic N) is 1. The molecule has 7 heteroatoms. The molecule has 0 spiro atoms. The summed E-state index contributed by atoms with van der Waals surface area (Å²) in [7, 11) is 4.61. The largest absolute Gasteiger partial charge is 0.380 e. The monoisotopic (exact) mass is 319 g/mol. The molecule has 0 unspecified atom stereocenters. The van der Waals surface area contributed by atoms with Crippen LogP contribution < -0.4 is 0 Å². The van der Waals surface area contributed by atoms with E-state index in [9.17, 15) is 13.2 Å². The van der Waals surface area contributed by atoms with E-state index in [4.69, 9.17) is 15.4 Å². The van der Waals surface area contributed by atoms with Crippen LogP contribution in [-0.2, 0) is 20.4 Å². The van der Waals surface area contributed by atoms with Crippen molar-refractivity contribution in [3.05, 3.63) is 29.3 Å². The van der Waals surface area contributed by atoms with Gasteiger partial charge in [0.15, 0.2) is 0 Å². The molecule has 112 valence electrons. The van der Waals surface area contributed by atoms with Crippen molar-refractivity contribution >= 4 is 25.6 Å². The molecule has 0 saturated heterocycles. The van der Waals surface area contributed by atoms with Crippen molar-refractivity contribution in [2.75, 3.05) is 20.7 Å². The van der Waals surface area contributed by atoms with Crippen LogP contribution in [0.4, 0.5) is 0 Å². The Labute approximate surface area is 123 Å². The molecule has 0 bridgehead atoms. The molecule has 0 radical (unpaired) electrons. The van der Waals surface area contributed by atoms with Crippen LogP contribution in [0.1, 0.15) is 29.3 Å². The van der Waals surface area contributed by atoms with Crippen LogP contribution in [0.2, 0.25) is 0 Å². The minimum atomic E-state index is -3.93. The van der Waals surface area contributed by atoms with Gasteiger partial charge in [-0.1, -0.05) is 13.0 Å². The zero-order valence-electron chi connectivity index (χ0n) is 11.7.